The fraction of sp³-hybridized carbons (Fsp3) is 0.556. The average Bonchev–Trinajstić information content (AvgIpc) is 2.52. The summed E-state index contributed by atoms with van der Waals surface area (Å²) >= 11 is 0. The summed E-state index contributed by atoms with van der Waals surface area (Å²) in [6, 6.07) is 9.16. The van der Waals surface area contributed by atoms with Crippen molar-refractivity contribution >= 4 is 11.9 Å². The van der Waals surface area contributed by atoms with Crippen molar-refractivity contribution in [1.29, 1.82) is 0 Å². The van der Waals surface area contributed by atoms with Gasteiger partial charge < -0.3 is 14.8 Å². The van der Waals surface area contributed by atoms with Crippen molar-refractivity contribution in [2.75, 3.05) is 13.2 Å². The third kappa shape index (κ3) is 8.35. The maximum Gasteiger partial charge on any atom is 0.323 e. The van der Waals surface area contributed by atoms with E-state index in [1.54, 1.807) is 6.92 Å². The smallest absolute Gasteiger partial charge is 0.323 e. The van der Waals surface area contributed by atoms with Crippen molar-refractivity contribution in [2.24, 2.45) is 5.92 Å². The van der Waals surface area contributed by atoms with Gasteiger partial charge in [0, 0.05) is 6.54 Å². The van der Waals surface area contributed by atoms with Crippen LogP contribution in [0.4, 0.5) is 0 Å². The third-order valence-corrected chi connectivity index (χ3v) is 3.24. The molecule has 0 heterocycles. The summed E-state index contributed by atoms with van der Waals surface area (Å²) in [6.45, 7) is 6.89. The summed E-state index contributed by atoms with van der Waals surface area (Å²) in [7, 11) is 0. The molecule has 0 radical (unpaired) electrons. The largest absolute Gasteiger partial charge is 0.466 e. The number of carbonyl (C=O) groups is 2. The molecule has 0 amide bonds. The molecule has 0 aliphatic rings. The molecule has 0 bridgehead atoms. The van der Waals surface area contributed by atoms with E-state index >= 15 is 0 Å². The van der Waals surface area contributed by atoms with Gasteiger partial charge in [-0.05, 0) is 24.8 Å². The topological polar surface area (TPSA) is 64.6 Å². The number of hydrogen-bond donors (Lipinski definition) is 1. The number of hydrogen-bond acceptors (Lipinski definition) is 5. The van der Waals surface area contributed by atoms with E-state index in [1.807, 2.05) is 44.2 Å². The quantitative estimate of drug-likeness (QED) is 0.671. The lowest BCUT2D eigenvalue weighted by Gasteiger charge is -2.19. The van der Waals surface area contributed by atoms with Gasteiger partial charge in [0.05, 0.1) is 13.0 Å². The van der Waals surface area contributed by atoms with E-state index in [0.29, 0.717) is 25.5 Å². The van der Waals surface area contributed by atoms with Gasteiger partial charge in [-0.1, -0.05) is 44.2 Å². The first-order chi connectivity index (χ1) is 11.0. The second kappa shape index (κ2) is 10.8. The van der Waals surface area contributed by atoms with E-state index < -0.39 is 6.04 Å². The minimum absolute atomic E-state index is 0.244. The van der Waals surface area contributed by atoms with Crippen LogP contribution in [0, 0.1) is 5.92 Å². The van der Waals surface area contributed by atoms with Gasteiger partial charge in [0.1, 0.15) is 12.6 Å². The van der Waals surface area contributed by atoms with Gasteiger partial charge >= 0.3 is 11.9 Å². The molecule has 0 aromatic heterocycles. The van der Waals surface area contributed by atoms with Gasteiger partial charge in [0.2, 0.25) is 0 Å². The van der Waals surface area contributed by atoms with Crippen LogP contribution in [0.5, 0.6) is 0 Å². The monoisotopic (exact) mass is 321 g/mol. The third-order valence-electron chi connectivity index (χ3n) is 3.24. The number of benzene rings is 1. The Bertz CT molecular complexity index is 473. The van der Waals surface area contributed by atoms with E-state index in [9.17, 15) is 9.59 Å². The molecule has 5 nitrogen and oxygen atoms in total. The Morgan fingerprint density at radius 1 is 1.13 bits per heavy atom. The fourth-order valence-electron chi connectivity index (χ4n) is 2.15. The summed E-state index contributed by atoms with van der Waals surface area (Å²) in [5.74, 6) is -0.202. The molecule has 5 heteroatoms. The van der Waals surface area contributed by atoms with Crippen LogP contribution in [0.15, 0.2) is 30.3 Å². The summed E-state index contributed by atoms with van der Waals surface area (Å²) in [6.07, 6.45) is 0.908. The molecule has 1 atom stereocenters. The Balaban J connectivity index is 2.45. The van der Waals surface area contributed by atoms with Crippen LogP contribution >= 0.6 is 0 Å². The molecule has 23 heavy (non-hydrogen) atoms. The van der Waals surface area contributed by atoms with Crippen molar-refractivity contribution in [3.8, 4) is 0 Å². The van der Waals surface area contributed by atoms with Crippen LogP contribution < -0.4 is 5.32 Å². The molecule has 0 fully saturated rings. The van der Waals surface area contributed by atoms with Gasteiger partial charge in [-0.2, -0.15) is 0 Å². The van der Waals surface area contributed by atoms with Crippen LogP contribution in [0.1, 0.15) is 39.2 Å². The van der Waals surface area contributed by atoms with Gasteiger partial charge in [0.25, 0.3) is 0 Å². The summed E-state index contributed by atoms with van der Waals surface area (Å²) in [5.41, 5.74) is 0.954. The van der Waals surface area contributed by atoms with Crippen LogP contribution in [0.3, 0.4) is 0 Å². The van der Waals surface area contributed by atoms with E-state index in [-0.39, 0.29) is 25.0 Å². The van der Waals surface area contributed by atoms with E-state index in [0.717, 1.165) is 5.56 Å². The first kappa shape index (κ1) is 19.2. The zero-order valence-corrected chi connectivity index (χ0v) is 14.2. The molecule has 0 aliphatic carbocycles. The maximum atomic E-state index is 12.3. The summed E-state index contributed by atoms with van der Waals surface area (Å²) in [5, 5.41) is 3.10. The first-order valence-electron chi connectivity index (χ1n) is 8.12. The lowest BCUT2D eigenvalue weighted by Crippen LogP contribution is -2.40. The molecule has 1 N–H and O–H groups in total. The molecule has 0 aliphatic heterocycles. The van der Waals surface area contributed by atoms with E-state index in [2.05, 4.69) is 5.32 Å². The normalized spacial score (nSPS) is 12.0. The molecule has 1 rings (SSSR count). The highest BCUT2D eigenvalue weighted by Crippen LogP contribution is 2.09. The summed E-state index contributed by atoms with van der Waals surface area (Å²) < 4.78 is 10.3. The maximum absolute atomic E-state index is 12.3. The van der Waals surface area contributed by atoms with Crippen LogP contribution in [-0.2, 0) is 25.7 Å². The SMILES string of the molecule is CCOC(=O)CCNC(CC(C)C)C(=O)OCc1ccccc1. The minimum Gasteiger partial charge on any atom is -0.466 e. The number of carbonyl (C=O) groups excluding carboxylic acids is 2. The number of esters is 2. The molecule has 1 aromatic rings. The zero-order valence-electron chi connectivity index (χ0n) is 14.2. The van der Waals surface area contributed by atoms with E-state index in [4.69, 9.17) is 9.47 Å². The van der Waals surface area contributed by atoms with Gasteiger partial charge in [-0.3, -0.25) is 9.59 Å². The predicted octanol–water partition coefficient (Wildman–Crippen LogP) is 2.69. The second-order valence-corrected chi connectivity index (χ2v) is 5.78. The standard InChI is InChI=1S/C18H27NO4/c1-4-22-17(20)10-11-19-16(12-14(2)3)18(21)23-13-15-8-6-5-7-9-15/h5-9,14,16,19H,4,10-13H2,1-3H3. The average molecular weight is 321 g/mol. The molecular weight excluding hydrogens is 294 g/mol. The van der Waals surface area contributed by atoms with Crippen LogP contribution in [0.25, 0.3) is 0 Å². The van der Waals surface area contributed by atoms with Crippen molar-refractivity contribution < 1.29 is 19.1 Å². The van der Waals surface area contributed by atoms with Crippen LogP contribution in [0.2, 0.25) is 0 Å². The fourth-order valence-corrected chi connectivity index (χ4v) is 2.15. The Kier molecular flexibility index (Phi) is 8.98. The molecule has 0 saturated carbocycles. The number of rotatable bonds is 10. The van der Waals surface area contributed by atoms with Crippen molar-refractivity contribution in [1.82, 2.24) is 5.32 Å². The summed E-state index contributed by atoms with van der Waals surface area (Å²) in [4.78, 5) is 23.6. The van der Waals surface area contributed by atoms with Crippen molar-refractivity contribution in [2.45, 2.75) is 46.3 Å². The Labute approximate surface area is 138 Å². The van der Waals surface area contributed by atoms with Crippen LogP contribution in [-0.4, -0.2) is 31.1 Å². The lowest BCUT2D eigenvalue weighted by molar-refractivity contribution is -0.149. The lowest BCUT2D eigenvalue weighted by atomic mass is 10.0. The number of nitrogens with one attached hydrogen (secondary N) is 1. The number of ether oxygens (including phenoxy) is 2. The zero-order chi connectivity index (χ0) is 17.1. The van der Waals surface area contributed by atoms with Gasteiger partial charge in [-0.15, -0.1) is 0 Å². The molecule has 1 aromatic carbocycles. The van der Waals surface area contributed by atoms with E-state index in [1.165, 1.54) is 0 Å². The van der Waals surface area contributed by atoms with Gasteiger partial charge in [-0.25, -0.2) is 0 Å². The second-order valence-electron chi connectivity index (χ2n) is 5.78. The first-order valence-corrected chi connectivity index (χ1v) is 8.12. The van der Waals surface area contributed by atoms with Crippen molar-refractivity contribution in [3.05, 3.63) is 35.9 Å². The molecule has 0 spiro atoms. The molecule has 128 valence electrons. The Hall–Kier alpha value is -1.88. The predicted molar refractivity (Wildman–Crippen MR) is 88.7 cm³/mol. The Morgan fingerprint density at radius 2 is 1.83 bits per heavy atom. The highest BCUT2D eigenvalue weighted by atomic mass is 16.5. The molecule has 0 saturated heterocycles. The highest BCUT2D eigenvalue weighted by Gasteiger charge is 2.21. The minimum atomic E-state index is -0.409. The highest BCUT2D eigenvalue weighted by molar-refractivity contribution is 5.76. The molecule has 1 unspecified atom stereocenters. The molecular formula is C18H27NO4. The van der Waals surface area contributed by atoms with Gasteiger partial charge in [0.15, 0.2) is 0 Å². The Morgan fingerprint density at radius 3 is 2.43 bits per heavy atom. The van der Waals surface area contributed by atoms with Crippen molar-refractivity contribution in [3.63, 3.8) is 0 Å².